The van der Waals surface area contributed by atoms with E-state index in [-0.39, 0.29) is 6.10 Å². The van der Waals surface area contributed by atoms with Crippen LogP contribution in [0.3, 0.4) is 0 Å². The van der Waals surface area contributed by atoms with E-state index in [0.717, 1.165) is 6.54 Å². The Hall–Kier alpha value is -0.930. The quantitative estimate of drug-likeness (QED) is 0.775. The maximum Gasteiger partial charge on any atom is 0.152 e. The summed E-state index contributed by atoms with van der Waals surface area (Å²) >= 11 is 0. The molecule has 76 valence electrons. The van der Waals surface area contributed by atoms with Crippen LogP contribution in [0.4, 0.5) is 4.39 Å². The van der Waals surface area contributed by atoms with Gasteiger partial charge in [-0.3, -0.25) is 0 Å². The van der Waals surface area contributed by atoms with Crippen molar-refractivity contribution in [2.24, 2.45) is 0 Å². The third-order valence-electron chi connectivity index (χ3n) is 2.40. The summed E-state index contributed by atoms with van der Waals surface area (Å²) in [7, 11) is 0. The van der Waals surface area contributed by atoms with Gasteiger partial charge in [0.1, 0.15) is 6.10 Å². The smallest absolute Gasteiger partial charge is 0.152 e. The van der Waals surface area contributed by atoms with E-state index >= 15 is 0 Å². The zero-order chi connectivity index (χ0) is 9.80. The highest BCUT2D eigenvalue weighted by molar-refractivity contribution is 5.18. The summed E-state index contributed by atoms with van der Waals surface area (Å²) in [6.45, 7) is 2.01. The van der Waals surface area contributed by atoms with Crippen LogP contribution < -0.4 is 5.32 Å². The molecule has 0 amide bonds. The average Bonchev–Trinajstić information content (AvgIpc) is 2.30. The third kappa shape index (κ3) is 2.11. The number of hydrogen-bond acceptors (Lipinski definition) is 2. The second-order valence-electron chi connectivity index (χ2n) is 3.43. The van der Waals surface area contributed by atoms with Crippen molar-refractivity contribution in [2.75, 3.05) is 19.7 Å². The van der Waals surface area contributed by atoms with Crippen LogP contribution in [0.15, 0.2) is 30.3 Å². The molecule has 2 nitrogen and oxygen atoms in total. The lowest BCUT2D eigenvalue weighted by Gasteiger charge is -2.26. The molecule has 1 fully saturated rings. The fourth-order valence-electron chi connectivity index (χ4n) is 1.63. The Bertz CT molecular complexity index is 272. The highest BCUT2D eigenvalue weighted by Gasteiger charge is 2.25. The van der Waals surface area contributed by atoms with Gasteiger partial charge >= 0.3 is 0 Å². The summed E-state index contributed by atoms with van der Waals surface area (Å²) in [6.07, 6.45) is -1.37. The van der Waals surface area contributed by atoms with Gasteiger partial charge in [0, 0.05) is 13.1 Å². The predicted molar refractivity (Wildman–Crippen MR) is 52.9 cm³/mol. The zero-order valence-electron chi connectivity index (χ0n) is 7.95. The molecule has 0 radical (unpaired) electrons. The van der Waals surface area contributed by atoms with Gasteiger partial charge in [-0.1, -0.05) is 30.3 Å². The average molecular weight is 195 g/mol. The van der Waals surface area contributed by atoms with E-state index in [2.05, 4.69) is 5.32 Å². The monoisotopic (exact) mass is 195 g/mol. The molecular weight excluding hydrogens is 181 g/mol. The Kier molecular flexibility index (Phi) is 3.11. The molecule has 1 N–H and O–H groups in total. The van der Waals surface area contributed by atoms with Crippen molar-refractivity contribution < 1.29 is 9.13 Å². The number of hydrogen-bond donors (Lipinski definition) is 1. The molecule has 2 atom stereocenters. The van der Waals surface area contributed by atoms with E-state index in [0.29, 0.717) is 18.7 Å². The molecular formula is C11H14FNO. The van der Waals surface area contributed by atoms with Crippen molar-refractivity contribution in [2.45, 2.75) is 12.3 Å². The molecule has 1 saturated heterocycles. The van der Waals surface area contributed by atoms with Crippen LogP contribution in [-0.4, -0.2) is 25.8 Å². The van der Waals surface area contributed by atoms with E-state index in [1.54, 1.807) is 12.1 Å². The zero-order valence-corrected chi connectivity index (χ0v) is 7.95. The van der Waals surface area contributed by atoms with Crippen LogP contribution in [-0.2, 0) is 4.74 Å². The Morgan fingerprint density at radius 1 is 1.36 bits per heavy atom. The molecule has 0 aromatic heterocycles. The molecule has 2 unspecified atom stereocenters. The molecule has 0 spiro atoms. The molecule has 3 heteroatoms. The summed E-state index contributed by atoms with van der Waals surface area (Å²) in [5.74, 6) is 0. The van der Waals surface area contributed by atoms with Gasteiger partial charge in [-0.15, -0.1) is 0 Å². The molecule has 14 heavy (non-hydrogen) atoms. The first-order valence-corrected chi connectivity index (χ1v) is 4.89. The van der Waals surface area contributed by atoms with Crippen molar-refractivity contribution >= 4 is 0 Å². The predicted octanol–water partition coefficient (Wildman–Crippen LogP) is 1.69. The fraction of sp³-hybridized carbons (Fsp3) is 0.455. The lowest BCUT2D eigenvalue weighted by molar-refractivity contribution is -0.0220. The number of ether oxygens (including phenoxy) is 1. The lowest BCUT2D eigenvalue weighted by atomic mass is 10.1. The summed E-state index contributed by atoms with van der Waals surface area (Å²) < 4.78 is 19.2. The number of halogens is 1. The van der Waals surface area contributed by atoms with Crippen LogP contribution in [0.5, 0.6) is 0 Å². The first-order valence-electron chi connectivity index (χ1n) is 4.89. The van der Waals surface area contributed by atoms with Crippen LogP contribution in [0, 0.1) is 0 Å². The van der Waals surface area contributed by atoms with Gasteiger partial charge in [0.15, 0.2) is 6.17 Å². The SMILES string of the molecule is FC(c1ccccc1)C1CNCCO1. The van der Waals surface area contributed by atoms with Gasteiger partial charge in [-0.2, -0.15) is 0 Å². The first-order chi connectivity index (χ1) is 6.88. The molecule has 1 aliphatic rings. The van der Waals surface area contributed by atoms with Gasteiger partial charge in [-0.25, -0.2) is 4.39 Å². The van der Waals surface area contributed by atoms with Crippen molar-refractivity contribution in [3.63, 3.8) is 0 Å². The second-order valence-corrected chi connectivity index (χ2v) is 3.43. The molecule has 1 aliphatic heterocycles. The summed E-state index contributed by atoms with van der Waals surface area (Å²) in [5.41, 5.74) is 0.696. The molecule has 0 aliphatic carbocycles. The molecule has 0 saturated carbocycles. The normalized spacial score (nSPS) is 24.5. The molecule has 1 heterocycles. The minimum absolute atomic E-state index is 0.342. The van der Waals surface area contributed by atoms with Gasteiger partial charge < -0.3 is 10.1 Å². The van der Waals surface area contributed by atoms with E-state index in [9.17, 15) is 4.39 Å². The Balaban J connectivity index is 2.03. The van der Waals surface area contributed by atoms with Gasteiger partial charge in [0.05, 0.1) is 6.61 Å². The molecule has 2 rings (SSSR count). The largest absolute Gasteiger partial charge is 0.372 e. The van der Waals surface area contributed by atoms with Crippen molar-refractivity contribution in [1.82, 2.24) is 5.32 Å². The Morgan fingerprint density at radius 2 is 2.14 bits per heavy atom. The van der Waals surface area contributed by atoms with Crippen LogP contribution in [0.1, 0.15) is 11.7 Å². The second kappa shape index (κ2) is 4.53. The standard InChI is InChI=1S/C11H14FNO/c12-11(9-4-2-1-3-5-9)10-8-13-6-7-14-10/h1-5,10-11,13H,6-8H2. The molecule has 1 aromatic rings. The van der Waals surface area contributed by atoms with Crippen LogP contribution in [0.25, 0.3) is 0 Å². The topological polar surface area (TPSA) is 21.3 Å². The van der Waals surface area contributed by atoms with Crippen LogP contribution in [0.2, 0.25) is 0 Å². The van der Waals surface area contributed by atoms with E-state index in [1.807, 2.05) is 18.2 Å². The number of morpholine rings is 1. The van der Waals surface area contributed by atoms with Crippen LogP contribution >= 0.6 is 0 Å². The maximum absolute atomic E-state index is 13.9. The molecule has 1 aromatic carbocycles. The molecule has 0 bridgehead atoms. The third-order valence-corrected chi connectivity index (χ3v) is 2.40. The van der Waals surface area contributed by atoms with Gasteiger partial charge in [-0.05, 0) is 5.56 Å². The van der Waals surface area contributed by atoms with E-state index in [4.69, 9.17) is 4.74 Å². The fourth-order valence-corrected chi connectivity index (χ4v) is 1.63. The van der Waals surface area contributed by atoms with Crippen molar-refractivity contribution in [1.29, 1.82) is 0 Å². The minimum Gasteiger partial charge on any atom is -0.372 e. The first kappa shape index (κ1) is 9.62. The Morgan fingerprint density at radius 3 is 2.79 bits per heavy atom. The highest BCUT2D eigenvalue weighted by Crippen LogP contribution is 2.23. The van der Waals surface area contributed by atoms with E-state index < -0.39 is 6.17 Å². The minimum atomic E-state index is -1.02. The number of benzene rings is 1. The number of alkyl halides is 1. The maximum atomic E-state index is 13.9. The van der Waals surface area contributed by atoms with Gasteiger partial charge in [0.25, 0.3) is 0 Å². The summed E-state index contributed by atoms with van der Waals surface area (Å²) in [6, 6.07) is 9.16. The number of nitrogens with one attached hydrogen (secondary N) is 1. The van der Waals surface area contributed by atoms with E-state index in [1.165, 1.54) is 0 Å². The number of rotatable bonds is 2. The van der Waals surface area contributed by atoms with Crippen molar-refractivity contribution in [3.05, 3.63) is 35.9 Å². The Labute approximate surface area is 83.1 Å². The summed E-state index contributed by atoms with van der Waals surface area (Å²) in [4.78, 5) is 0. The lowest BCUT2D eigenvalue weighted by Crippen LogP contribution is -2.40. The summed E-state index contributed by atoms with van der Waals surface area (Å²) in [5, 5.41) is 3.12. The van der Waals surface area contributed by atoms with Gasteiger partial charge in [0.2, 0.25) is 0 Å². The highest BCUT2D eigenvalue weighted by atomic mass is 19.1. The van der Waals surface area contributed by atoms with Crippen molar-refractivity contribution in [3.8, 4) is 0 Å².